The second-order valence-electron chi connectivity index (χ2n) is 9.53. The van der Waals surface area contributed by atoms with Crippen molar-refractivity contribution in [1.82, 2.24) is 9.78 Å². The van der Waals surface area contributed by atoms with Crippen molar-refractivity contribution in [3.05, 3.63) is 113 Å². The van der Waals surface area contributed by atoms with E-state index < -0.39 is 17.7 Å². The number of hydrogen-bond donors (Lipinski definition) is 1. The molecule has 0 aliphatic rings. The standard InChI is InChI=1S/C31H25AsF3N2O2/c1-19-9-10-23(20(2)15-19)18-37-30(26-7-4-8-27(29(26)36-37)31(33,34)35)22-11-13-24(14-12-22)32-25-6-3-5-21(16-25)17-28(38)39/h3-16H,17-18H2,1-2H3,(H,38,39). The Labute approximate surface area is 230 Å². The molecule has 0 unspecified atom stereocenters. The van der Waals surface area contributed by atoms with Crippen LogP contribution in [0.25, 0.3) is 22.2 Å². The van der Waals surface area contributed by atoms with Gasteiger partial charge in [0.05, 0.1) is 0 Å². The number of alkyl halides is 3. The van der Waals surface area contributed by atoms with E-state index in [-0.39, 0.29) is 27.7 Å². The van der Waals surface area contributed by atoms with Gasteiger partial charge in [-0.2, -0.15) is 0 Å². The van der Waals surface area contributed by atoms with Crippen molar-refractivity contribution in [2.24, 2.45) is 0 Å². The SMILES string of the molecule is Cc1ccc(Cn2nc3c(C(F)(F)F)cccc3c2-c2ccc([As]c3cccc(CC(=O)O)c3)cc2)c(C)c1. The van der Waals surface area contributed by atoms with Gasteiger partial charge in [0, 0.05) is 0 Å². The van der Waals surface area contributed by atoms with E-state index in [1.807, 2.05) is 68.4 Å². The van der Waals surface area contributed by atoms with Gasteiger partial charge in [-0.05, 0) is 0 Å². The second kappa shape index (κ2) is 10.7. The predicted molar refractivity (Wildman–Crippen MR) is 148 cm³/mol. The van der Waals surface area contributed by atoms with Gasteiger partial charge in [0.2, 0.25) is 0 Å². The normalized spacial score (nSPS) is 12.0. The Balaban J connectivity index is 1.55. The fourth-order valence-electron chi connectivity index (χ4n) is 4.74. The maximum absolute atomic E-state index is 13.9. The van der Waals surface area contributed by atoms with Gasteiger partial charge in [-0.15, -0.1) is 0 Å². The molecule has 1 aromatic heterocycles. The molecule has 0 saturated carbocycles. The molecule has 0 atom stereocenters. The first-order valence-electron chi connectivity index (χ1n) is 12.3. The summed E-state index contributed by atoms with van der Waals surface area (Å²) in [7, 11) is 0. The van der Waals surface area contributed by atoms with Crippen molar-refractivity contribution < 1.29 is 23.1 Å². The second-order valence-corrected chi connectivity index (χ2v) is 12.2. The van der Waals surface area contributed by atoms with Crippen molar-refractivity contribution in [2.45, 2.75) is 33.0 Å². The number of carboxylic acid groups (broad SMARTS) is 1. The summed E-state index contributed by atoms with van der Waals surface area (Å²) in [5, 5.41) is 14.0. The molecule has 8 heteroatoms. The number of carbonyl (C=O) groups is 1. The average molecular weight is 589 g/mol. The van der Waals surface area contributed by atoms with Crippen LogP contribution in [-0.2, 0) is 23.9 Å². The zero-order valence-electron chi connectivity index (χ0n) is 21.3. The first-order valence-corrected chi connectivity index (χ1v) is 14.2. The quantitative estimate of drug-likeness (QED) is 0.249. The number of carboxylic acids is 1. The van der Waals surface area contributed by atoms with Crippen LogP contribution in [0.2, 0.25) is 0 Å². The van der Waals surface area contributed by atoms with E-state index in [0.717, 1.165) is 42.6 Å². The van der Waals surface area contributed by atoms with Crippen LogP contribution in [0.4, 0.5) is 13.2 Å². The summed E-state index contributed by atoms with van der Waals surface area (Å²) in [5.74, 6) is -0.869. The molecule has 1 radical (unpaired) electrons. The molecular formula is C31H25AsF3N2O2. The maximum atomic E-state index is 13.9. The third-order valence-corrected chi connectivity index (χ3v) is 8.85. The Morgan fingerprint density at radius 1 is 0.923 bits per heavy atom. The fraction of sp³-hybridized carbons (Fsp3) is 0.161. The summed E-state index contributed by atoms with van der Waals surface area (Å²) in [6.45, 7) is 4.35. The minimum absolute atomic E-state index is 0.0225. The molecule has 0 saturated heterocycles. The van der Waals surface area contributed by atoms with Gasteiger partial charge in [-0.1, -0.05) is 0 Å². The first kappa shape index (κ1) is 26.8. The molecule has 197 valence electrons. The zero-order chi connectivity index (χ0) is 27.7. The Hall–Kier alpha value is -3.83. The molecule has 0 fully saturated rings. The van der Waals surface area contributed by atoms with Crippen LogP contribution in [0.3, 0.4) is 0 Å². The number of nitrogens with zero attached hydrogens (tertiary/aromatic N) is 2. The summed E-state index contributed by atoms with van der Waals surface area (Å²) >= 11 is -0.389. The van der Waals surface area contributed by atoms with Crippen molar-refractivity contribution in [2.75, 3.05) is 0 Å². The number of fused-ring (bicyclic) bond motifs is 1. The van der Waals surface area contributed by atoms with E-state index in [2.05, 4.69) is 11.2 Å². The van der Waals surface area contributed by atoms with Gasteiger partial charge in [0.1, 0.15) is 0 Å². The van der Waals surface area contributed by atoms with Gasteiger partial charge in [-0.25, -0.2) is 0 Å². The van der Waals surface area contributed by atoms with Crippen molar-refractivity contribution in [3.8, 4) is 11.3 Å². The van der Waals surface area contributed by atoms with E-state index in [0.29, 0.717) is 17.6 Å². The third-order valence-electron chi connectivity index (χ3n) is 6.56. The van der Waals surface area contributed by atoms with Crippen molar-refractivity contribution >= 4 is 41.3 Å². The van der Waals surface area contributed by atoms with Gasteiger partial charge >= 0.3 is 231 Å². The van der Waals surface area contributed by atoms with Crippen LogP contribution in [-0.4, -0.2) is 36.6 Å². The summed E-state index contributed by atoms with van der Waals surface area (Å²) in [6.07, 6.45) is -4.54. The molecule has 4 aromatic carbocycles. The first-order chi connectivity index (χ1) is 18.6. The van der Waals surface area contributed by atoms with Crippen molar-refractivity contribution in [1.29, 1.82) is 0 Å². The van der Waals surface area contributed by atoms with Crippen LogP contribution in [0, 0.1) is 13.8 Å². The molecule has 1 heterocycles. The van der Waals surface area contributed by atoms with Crippen LogP contribution < -0.4 is 8.70 Å². The molecule has 0 aliphatic heterocycles. The average Bonchev–Trinajstić information content (AvgIpc) is 3.23. The number of aryl methyl sites for hydroxylation is 2. The number of halogens is 3. The topological polar surface area (TPSA) is 55.1 Å². The van der Waals surface area contributed by atoms with Gasteiger partial charge in [0.15, 0.2) is 0 Å². The molecule has 5 aromatic rings. The molecule has 5 rings (SSSR count). The van der Waals surface area contributed by atoms with Gasteiger partial charge < -0.3 is 0 Å². The van der Waals surface area contributed by atoms with E-state index in [9.17, 15) is 18.0 Å². The Morgan fingerprint density at radius 2 is 1.67 bits per heavy atom. The molecule has 0 aliphatic carbocycles. The van der Waals surface area contributed by atoms with Crippen molar-refractivity contribution in [3.63, 3.8) is 0 Å². The fourth-order valence-corrected chi connectivity index (χ4v) is 6.81. The molecule has 0 bridgehead atoms. The number of hydrogen-bond acceptors (Lipinski definition) is 2. The molecular weight excluding hydrogens is 564 g/mol. The van der Waals surface area contributed by atoms with Crippen LogP contribution in [0.1, 0.15) is 27.8 Å². The monoisotopic (exact) mass is 589 g/mol. The van der Waals surface area contributed by atoms with Gasteiger partial charge in [0.25, 0.3) is 0 Å². The van der Waals surface area contributed by atoms with Crippen LogP contribution >= 0.6 is 0 Å². The number of rotatable bonds is 7. The third kappa shape index (κ3) is 5.94. The summed E-state index contributed by atoms with van der Waals surface area (Å²) in [4.78, 5) is 11.1. The molecule has 0 amide bonds. The number of aromatic nitrogens is 2. The molecule has 4 nitrogen and oxygen atoms in total. The van der Waals surface area contributed by atoms with E-state index in [4.69, 9.17) is 5.11 Å². The van der Waals surface area contributed by atoms with E-state index >= 15 is 0 Å². The van der Waals surface area contributed by atoms with Gasteiger partial charge in [-0.3, -0.25) is 0 Å². The molecule has 1 N–H and O–H groups in total. The van der Waals surface area contributed by atoms with E-state index in [1.165, 1.54) is 6.07 Å². The Kier molecular flexibility index (Phi) is 7.37. The summed E-state index contributed by atoms with van der Waals surface area (Å²) < 4.78 is 45.5. The minimum atomic E-state index is -4.52. The predicted octanol–water partition coefficient (Wildman–Crippen LogP) is 5.67. The summed E-state index contributed by atoms with van der Waals surface area (Å²) in [6, 6.07) is 25.7. The zero-order valence-corrected chi connectivity index (χ0v) is 23.2. The van der Waals surface area contributed by atoms with Crippen LogP contribution in [0.15, 0.2) is 84.9 Å². The van der Waals surface area contributed by atoms with Crippen LogP contribution in [0.5, 0.6) is 0 Å². The summed E-state index contributed by atoms with van der Waals surface area (Å²) in [5.41, 5.74) is 4.54. The molecule has 39 heavy (non-hydrogen) atoms. The Bertz CT molecular complexity index is 1670. The Morgan fingerprint density at radius 3 is 2.36 bits per heavy atom. The van der Waals surface area contributed by atoms with E-state index in [1.54, 1.807) is 16.8 Å². The molecule has 0 spiro atoms. The number of benzene rings is 4. The number of aliphatic carboxylic acids is 1.